The van der Waals surface area contributed by atoms with Crippen LogP contribution in [0, 0.1) is 0 Å². The highest BCUT2D eigenvalue weighted by Gasteiger charge is 2.46. The third-order valence-corrected chi connectivity index (χ3v) is 6.10. The number of benzene rings is 2. The van der Waals surface area contributed by atoms with Gasteiger partial charge >= 0.3 is 0 Å². The van der Waals surface area contributed by atoms with E-state index in [0.717, 1.165) is 11.3 Å². The van der Waals surface area contributed by atoms with Gasteiger partial charge in [0.2, 0.25) is 0 Å². The zero-order chi connectivity index (χ0) is 23.8. The molecule has 0 saturated carbocycles. The number of likely N-dealkylation sites (tertiary alicyclic amines) is 1. The van der Waals surface area contributed by atoms with Crippen molar-refractivity contribution in [2.75, 3.05) is 6.61 Å². The van der Waals surface area contributed by atoms with E-state index in [1.165, 1.54) is 11.2 Å². The largest absolute Gasteiger partial charge is 0.507 e. The molecule has 2 aliphatic rings. The van der Waals surface area contributed by atoms with E-state index in [1.54, 1.807) is 30.3 Å². The Morgan fingerprint density at radius 3 is 2.76 bits per heavy atom. The summed E-state index contributed by atoms with van der Waals surface area (Å²) in [5, 5.41) is 11.3. The standard InChI is InChI=1S/C27H25NO6/c1-3-32-20-7-4-6-17(14-20)24-23(26(30)27(31)28(24)15-21-8-5-11-33-21)25(29)18-9-10-22-19(13-18)12-16(2)34-22/h4-11,13-14,16,24,29H,3,12,15H2,1-2H3/b25-23+. The average molecular weight is 459 g/mol. The van der Waals surface area contributed by atoms with Gasteiger partial charge in [0.15, 0.2) is 0 Å². The molecule has 174 valence electrons. The Balaban J connectivity index is 1.63. The number of rotatable bonds is 6. The van der Waals surface area contributed by atoms with E-state index in [0.29, 0.717) is 35.7 Å². The van der Waals surface area contributed by atoms with E-state index in [4.69, 9.17) is 13.9 Å². The highest BCUT2D eigenvalue weighted by molar-refractivity contribution is 6.46. The number of aliphatic hydroxyl groups excluding tert-OH is 1. The van der Waals surface area contributed by atoms with Crippen LogP contribution < -0.4 is 9.47 Å². The predicted molar refractivity (Wildman–Crippen MR) is 124 cm³/mol. The Bertz CT molecular complexity index is 1280. The molecule has 1 N–H and O–H groups in total. The first-order valence-electron chi connectivity index (χ1n) is 11.3. The highest BCUT2D eigenvalue weighted by atomic mass is 16.5. The Labute approximate surface area is 197 Å². The molecule has 1 fully saturated rings. The zero-order valence-electron chi connectivity index (χ0n) is 19.0. The molecule has 2 unspecified atom stereocenters. The van der Waals surface area contributed by atoms with Gasteiger partial charge in [-0.05, 0) is 67.4 Å². The molecule has 2 aromatic carbocycles. The normalized spacial score (nSPS) is 20.9. The van der Waals surface area contributed by atoms with Crippen molar-refractivity contribution in [3.8, 4) is 11.5 Å². The number of carbonyl (C=O) groups is 2. The molecule has 7 nitrogen and oxygen atoms in total. The van der Waals surface area contributed by atoms with Crippen molar-refractivity contribution in [1.29, 1.82) is 0 Å². The zero-order valence-corrected chi connectivity index (χ0v) is 19.0. The molecule has 5 rings (SSSR count). The number of carbonyl (C=O) groups excluding carboxylic acids is 2. The van der Waals surface area contributed by atoms with Gasteiger partial charge in [-0.15, -0.1) is 0 Å². The van der Waals surface area contributed by atoms with E-state index < -0.39 is 17.7 Å². The van der Waals surface area contributed by atoms with E-state index in [2.05, 4.69) is 0 Å². The number of aliphatic hydroxyl groups is 1. The predicted octanol–water partition coefficient (Wildman–Crippen LogP) is 4.62. The lowest BCUT2D eigenvalue weighted by Gasteiger charge is -2.25. The number of hydrogen-bond acceptors (Lipinski definition) is 6. The lowest BCUT2D eigenvalue weighted by atomic mass is 9.94. The fraction of sp³-hybridized carbons (Fsp3) is 0.259. The fourth-order valence-corrected chi connectivity index (χ4v) is 4.63. The topological polar surface area (TPSA) is 89.2 Å². The monoisotopic (exact) mass is 459 g/mol. The highest BCUT2D eigenvalue weighted by Crippen LogP contribution is 2.42. The minimum absolute atomic E-state index is 0.0390. The molecule has 1 amide bonds. The number of furan rings is 1. The molecule has 2 aliphatic heterocycles. The molecule has 3 heterocycles. The number of amides is 1. The summed E-state index contributed by atoms with van der Waals surface area (Å²) in [6.07, 6.45) is 2.28. The number of hydrogen-bond donors (Lipinski definition) is 1. The summed E-state index contributed by atoms with van der Waals surface area (Å²) in [5.74, 6) is 0.283. The Kier molecular flexibility index (Phi) is 5.61. The molecule has 2 atom stereocenters. The van der Waals surface area contributed by atoms with Gasteiger partial charge in [-0.25, -0.2) is 0 Å². The molecule has 3 aromatic rings. The summed E-state index contributed by atoms with van der Waals surface area (Å²) >= 11 is 0. The number of ether oxygens (including phenoxy) is 2. The van der Waals surface area contributed by atoms with Crippen molar-refractivity contribution < 1.29 is 28.6 Å². The second kappa shape index (κ2) is 8.74. The van der Waals surface area contributed by atoms with Gasteiger partial charge in [-0.1, -0.05) is 12.1 Å². The third kappa shape index (κ3) is 3.83. The molecule has 0 radical (unpaired) electrons. The number of ketones is 1. The van der Waals surface area contributed by atoms with Crippen LogP contribution in [-0.2, 0) is 22.6 Å². The van der Waals surface area contributed by atoms with Crippen LogP contribution in [-0.4, -0.2) is 34.4 Å². The lowest BCUT2D eigenvalue weighted by molar-refractivity contribution is -0.140. The molecular weight excluding hydrogens is 434 g/mol. The second-order valence-electron chi connectivity index (χ2n) is 8.47. The van der Waals surface area contributed by atoms with Gasteiger partial charge in [-0.3, -0.25) is 9.59 Å². The molecular formula is C27H25NO6. The molecule has 1 aromatic heterocycles. The van der Waals surface area contributed by atoms with Gasteiger partial charge in [0, 0.05) is 12.0 Å². The van der Waals surface area contributed by atoms with Crippen LogP contribution >= 0.6 is 0 Å². The fourth-order valence-electron chi connectivity index (χ4n) is 4.63. The van der Waals surface area contributed by atoms with Gasteiger partial charge in [-0.2, -0.15) is 0 Å². The van der Waals surface area contributed by atoms with Crippen molar-refractivity contribution in [1.82, 2.24) is 4.90 Å². The van der Waals surface area contributed by atoms with E-state index in [9.17, 15) is 14.7 Å². The Hall–Kier alpha value is -4.00. The van der Waals surface area contributed by atoms with E-state index >= 15 is 0 Å². The number of nitrogens with zero attached hydrogens (tertiary/aromatic N) is 1. The second-order valence-corrected chi connectivity index (χ2v) is 8.47. The number of fused-ring (bicyclic) bond motifs is 1. The van der Waals surface area contributed by atoms with Crippen molar-refractivity contribution in [3.05, 3.63) is 88.9 Å². The molecule has 0 aliphatic carbocycles. The molecule has 7 heteroatoms. The van der Waals surface area contributed by atoms with Gasteiger partial charge < -0.3 is 23.9 Å². The summed E-state index contributed by atoms with van der Waals surface area (Å²) in [4.78, 5) is 27.8. The van der Waals surface area contributed by atoms with E-state index in [1.807, 2.05) is 38.1 Å². The Morgan fingerprint density at radius 1 is 1.15 bits per heavy atom. The van der Waals surface area contributed by atoms with E-state index in [-0.39, 0.29) is 24.0 Å². The van der Waals surface area contributed by atoms with Crippen LogP contribution in [0.3, 0.4) is 0 Å². The van der Waals surface area contributed by atoms with Crippen molar-refractivity contribution in [3.63, 3.8) is 0 Å². The third-order valence-electron chi connectivity index (χ3n) is 6.10. The summed E-state index contributed by atoms with van der Waals surface area (Å²) < 4.78 is 16.8. The lowest BCUT2D eigenvalue weighted by Crippen LogP contribution is -2.29. The summed E-state index contributed by atoms with van der Waals surface area (Å²) in [5.41, 5.74) is 2.13. The summed E-state index contributed by atoms with van der Waals surface area (Å²) in [6, 6.07) is 15.2. The van der Waals surface area contributed by atoms with Crippen LogP contribution in [0.2, 0.25) is 0 Å². The maximum Gasteiger partial charge on any atom is 0.296 e. The van der Waals surface area contributed by atoms with Gasteiger partial charge in [0.1, 0.15) is 29.1 Å². The quantitative estimate of drug-likeness (QED) is 0.329. The van der Waals surface area contributed by atoms with Crippen molar-refractivity contribution in [2.45, 2.75) is 39.0 Å². The minimum Gasteiger partial charge on any atom is -0.507 e. The Morgan fingerprint density at radius 2 is 2.00 bits per heavy atom. The first-order chi connectivity index (χ1) is 16.5. The van der Waals surface area contributed by atoms with Crippen LogP contribution in [0.1, 0.15) is 42.3 Å². The van der Waals surface area contributed by atoms with Gasteiger partial charge in [0.05, 0.1) is 31.0 Å². The first-order valence-corrected chi connectivity index (χ1v) is 11.3. The van der Waals surface area contributed by atoms with Crippen LogP contribution in [0.4, 0.5) is 0 Å². The number of Topliss-reactive ketones (excluding diaryl/α,β-unsaturated/α-hetero) is 1. The maximum atomic E-state index is 13.2. The maximum absolute atomic E-state index is 13.2. The first kappa shape index (κ1) is 21.8. The smallest absolute Gasteiger partial charge is 0.296 e. The molecule has 1 saturated heterocycles. The van der Waals surface area contributed by atoms with Crippen molar-refractivity contribution >= 4 is 17.4 Å². The van der Waals surface area contributed by atoms with Crippen LogP contribution in [0.25, 0.3) is 5.76 Å². The molecule has 34 heavy (non-hydrogen) atoms. The molecule has 0 spiro atoms. The summed E-state index contributed by atoms with van der Waals surface area (Å²) in [6.45, 7) is 4.43. The SMILES string of the molecule is CCOc1cccc(C2/C(=C(\O)c3ccc4c(c3)CC(C)O4)C(=O)C(=O)N2Cc2ccco2)c1. The van der Waals surface area contributed by atoms with Crippen LogP contribution in [0.5, 0.6) is 11.5 Å². The van der Waals surface area contributed by atoms with Gasteiger partial charge in [0.25, 0.3) is 11.7 Å². The molecule has 0 bridgehead atoms. The van der Waals surface area contributed by atoms with Crippen LogP contribution in [0.15, 0.2) is 70.9 Å². The van der Waals surface area contributed by atoms with Crippen molar-refractivity contribution in [2.24, 2.45) is 0 Å². The summed E-state index contributed by atoms with van der Waals surface area (Å²) in [7, 11) is 0. The minimum atomic E-state index is -0.797. The average Bonchev–Trinajstić information content (AvgIpc) is 3.53.